The zero-order valence-corrected chi connectivity index (χ0v) is 21.9. The lowest BCUT2D eigenvalue weighted by Crippen LogP contribution is -2.29. The van der Waals surface area contributed by atoms with Crippen LogP contribution in [0.1, 0.15) is 78.1 Å². The first-order valence-electron chi connectivity index (χ1n) is 12.9. The molecule has 0 spiro atoms. The number of hydrogen-bond donors (Lipinski definition) is 1. The van der Waals surface area contributed by atoms with Gasteiger partial charge in [0.2, 0.25) is 5.52 Å². The molecule has 1 heterocycles. The van der Waals surface area contributed by atoms with E-state index in [4.69, 9.17) is 14.2 Å². The molecule has 0 bridgehead atoms. The zero-order valence-electron chi connectivity index (χ0n) is 21.9. The van der Waals surface area contributed by atoms with E-state index in [0.29, 0.717) is 17.6 Å². The first kappa shape index (κ1) is 30.5. The van der Waals surface area contributed by atoms with Crippen molar-refractivity contribution in [3.8, 4) is 0 Å². The predicted molar refractivity (Wildman–Crippen MR) is 136 cm³/mol. The summed E-state index contributed by atoms with van der Waals surface area (Å²) in [5.41, 5.74) is 1.04. The Bertz CT molecular complexity index is 1060. The van der Waals surface area contributed by atoms with Crippen molar-refractivity contribution < 1.29 is 38.1 Å². The maximum Gasteiger partial charge on any atom is 0.305 e. The average Bonchev–Trinajstić information content (AvgIpc) is 3.36. The highest BCUT2D eigenvalue weighted by atomic mass is 16.6. The van der Waals surface area contributed by atoms with E-state index in [-0.39, 0.29) is 30.4 Å². The monoisotopic (exact) mass is 536 g/mol. The summed E-state index contributed by atoms with van der Waals surface area (Å²) in [6.45, 7) is 2.91. The largest absolute Gasteiger partial charge is 0.462 e. The molecule has 0 aliphatic carbocycles. The van der Waals surface area contributed by atoms with Crippen molar-refractivity contribution in [1.82, 2.24) is 10.3 Å². The van der Waals surface area contributed by atoms with Gasteiger partial charge in [-0.25, -0.2) is 4.63 Å². The summed E-state index contributed by atoms with van der Waals surface area (Å²) >= 11 is 0. The lowest BCUT2D eigenvalue weighted by Gasteiger charge is -2.16. The molecule has 2 aromatic rings. The van der Waals surface area contributed by atoms with E-state index >= 15 is 0 Å². The van der Waals surface area contributed by atoms with Gasteiger partial charge in [0.15, 0.2) is 11.6 Å². The highest BCUT2D eigenvalue weighted by molar-refractivity contribution is 5.93. The summed E-state index contributed by atoms with van der Waals surface area (Å²) in [6.07, 6.45) is 8.70. The number of fused-ring (bicyclic) bond motifs is 1. The second-order valence-electron chi connectivity index (χ2n) is 8.93. The Labute approximate surface area is 220 Å². The number of nitro benzene ring substituents is 1. The van der Waals surface area contributed by atoms with E-state index in [0.717, 1.165) is 64.3 Å². The topological polar surface area (TPSA) is 173 Å². The molecule has 38 heavy (non-hydrogen) atoms. The van der Waals surface area contributed by atoms with Gasteiger partial charge in [-0.15, -0.1) is 0 Å². The third kappa shape index (κ3) is 11.5. The van der Waals surface area contributed by atoms with Crippen LogP contribution in [-0.2, 0) is 28.6 Å². The Hall–Kier alpha value is -3.77. The molecular weight excluding hydrogens is 500 g/mol. The van der Waals surface area contributed by atoms with Gasteiger partial charge in [-0.1, -0.05) is 44.9 Å². The number of benzene rings is 1. The summed E-state index contributed by atoms with van der Waals surface area (Å²) < 4.78 is 19.6. The zero-order chi connectivity index (χ0) is 27.8. The molecule has 210 valence electrons. The first-order chi connectivity index (χ1) is 18.3. The number of esters is 3. The van der Waals surface area contributed by atoms with Crippen molar-refractivity contribution in [1.29, 1.82) is 0 Å². The molecule has 0 saturated carbocycles. The van der Waals surface area contributed by atoms with Crippen LogP contribution in [0.5, 0.6) is 0 Å². The van der Waals surface area contributed by atoms with Gasteiger partial charge in [0.1, 0.15) is 13.2 Å². The molecule has 0 amide bonds. The number of anilines is 1. The molecule has 13 nitrogen and oxygen atoms in total. The summed E-state index contributed by atoms with van der Waals surface area (Å²) in [6, 6.07) is 3.02. The van der Waals surface area contributed by atoms with Gasteiger partial charge in [0.05, 0.1) is 10.6 Å². The van der Waals surface area contributed by atoms with Crippen molar-refractivity contribution in [2.45, 2.75) is 84.2 Å². The SMILES string of the molecule is CC(=O)OCC(COC(=O)CCCCCCCCCCCNc1ccc([N+](=O)[O-])c2nonc12)OC(C)=O. The van der Waals surface area contributed by atoms with E-state index < -0.39 is 23.0 Å². The minimum atomic E-state index is -0.805. The summed E-state index contributed by atoms with van der Waals surface area (Å²) in [7, 11) is 0. The standard InChI is InChI=1S/C25H36N4O9/c1-18(30)35-16-20(37-19(2)31)17-36-23(32)12-10-8-6-4-3-5-7-9-11-15-26-21-13-14-22(29(33)34)25-24(21)27-38-28-25/h13-14,20,26H,3-12,15-17H2,1-2H3. The molecule has 0 aliphatic heterocycles. The van der Waals surface area contributed by atoms with E-state index in [9.17, 15) is 24.5 Å². The van der Waals surface area contributed by atoms with Gasteiger partial charge in [0.25, 0.3) is 0 Å². The third-order valence-corrected chi connectivity index (χ3v) is 5.70. The van der Waals surface area contributed by atoms with E-state index in [1.807, 2.05) is 0 Å². The number of nitrogens with one attached hydrogen (secondary N) is 1. The lowest BCUT2D eigenvalue weighted by molar-refractivity contribution is -0.383. The number of rotatable bonds is 19. The fraction of sp³-hybridized carbons (Fsp3) is 0.640. The van der Waals surface area contributed by atoms with Crippen molar-refractivity contribution >= 4 is 40.3 Å². The maximum absolute atomic E-state index is 11.9. The van der Waals surface area contributed by atoms with E-state index in [1.54, 1.807) is 6.07 Å². The van der Waals surface area contributed by atoms with Crippen molar-refractivity contribution in [3.05, 3.63) is 22.2 Å². The van der Waals surface area contributed by atoms with Crippen LogP contribution in [-0.4, -0.2) is 59.0 Å². The number of ether oxygens (including phenoxy) is 3. The Kier molecular flexibility index (Phi) is 13.5. The normalized spacial score (nSPS) is 11.6. The molecule has 1 aromatic carbocycles. The Morgan fingerprint density at radius 3 is 2.13 bits per heavy atom. The van der Waals surface area contributed by atoms with E-state index in [2.05, 4.69) is 20.3 Å². The highest BCUT2D eigenvalue weighted by Gasteiger charge is 2.19. The van der Waals surface area contributed by atoms with Gasteiger partial charge in [-0.2, -0.15) is 0 Å². The number of carbonyl (C=O) groups is 3. The number of aromatic nitrogens is 2. The van der Waals surface area contributed by atoms with Crippen molar-refractivity contribution in [3.63, 3.8) is 0 Å². The number of unbranched alkanes of at least 4 members (excludes halogenated alkanes) is 8. The average molecular weight is 537 g/mol. The smallest absolute Gasteiger partial charge is 0.305 e. The summed E-state index contributed by atoms with van der Waals surface area (Å²) in [4.78, 5) is 44.5. The predicted octanol–water partition coefficient (Wildman–Crippen LogP) is 4.48. The van der Waals surface area contributed by atoms with Gasteiger partial charge in [0, 0.05) is 32.9 Å². The van der Waals surface area contributed by atoms with E-state index in [1.165, 1.54) is 19.9 Å². The van der Waals surface area contributed by atoms with Crippen LogP contribution in [0.15, 0.2) is 16.8 Å². The number of non-ortho nitro benzene ring substituents is 1. The van der Waals surface area contributed by atoms with Gasteiger partial charge < -0.3 is 19.5 Å². The number of carbonyl (C=O) groups excluding carboxylic acids is 3. The van der Waals surface area contributed by atoms with Gasteiger partial charge in [-0.3, -0.25) is 24.5 Å². The van der Waals surface area contributed by atoms with Crippen molar-refractivity contribution in [2.24, 2.45) is 0 Å². The molecule has 1 atom stereocenters. The van der Waals surface area contributed by atoms with Gasteiger partial charge in [-0.05, 0) is 29.2 Å². The quantitative estimate of drug-likeness (QED) is 0.0877. The molecule has 0 fully saturated rings. The van der Waals surface area contributed by atoms with Crippen LogP contribution in [0.4, 0.5) is 11.4 Å². The molecule has 1 aromatic heterocycles. The minimum Gasteiger partial charge on any atom is -0.462 e. The van der Waals surface area contributed by atoms with Crippen LogP contribution in [0, 0.1) is 10.1 Å². The molecule has 1 unspecified atom stereocenters. The second kappa shape index (κ2) is 16.9. The molecule has 0 saturated heterocycles. The number of hydrogen-bond acceptors (Lipinski definition) is 12. The second-order valence-corrected chi connectivity index (χ2v) is 8.93. The van der Waals surface area contributed by atoms with Gasteiger partial charge >= 0.3 is 23.6 Å². The number of nitrogens with zero attached hydrogens (tertiary/aromatic N) is 3. The first-order valence-corrected chi connectivity index (χ1v) is 12.9. The fourth-order valence-electron chi connectivity index (χ4n) is 3.82. The minimum absolute atomic E-state index is 0.130. The van der Waals surface area contributed by atoms with Crippen LogP contribution in [0.25, 0.3) is 11.0 Å². The summed E-state index contributed by atoms with van der Waals surface area (Å²) in [5, 5.41) is 21.7. The Morgan fingerprint density at radius 2 is 1.50 bits per heavy atom. The highest BCUT2D eigenvalue weighted by Crippen LogP contribution is 2.28. The molecule has 2 rings (SSSR count). The molecule has 0 aliphatic rings. The third-order valence-electron chi connectivity index (χ3n) is 5.70. The fourth-order valence-corrected chi connectivity index (χ4v) is 3.82. The van der Waals surface area contributed by atoms with Crippen LogP contribution >= 0.6 is 0 Å². The van der Waals surface area contributed by atoms with Crippen molar-refractivity contribution in [2.75, 3.05) is 25.1 Å². The lowest BCUT2D eigenvalue weighted by atomic mass is 10.1. The Morgan fingerprint density at radius 1 is 0.895 bits per heavy atom. The maximum atomic E-state index is 11.9. The van der Waals surface area contributed by atoms with Crippen LogP contribution in [0.2, 0.25) is 0 Å². The Balaban J connectivity index is 1.46. The molecule has 13 heteroatoms. The molecular formula is C25H36N4O9. The summed E-state index contributed by atoms with van der Waals surface area (Å²) in [5.74, 6) is -1.41. The molecule has 1 N–H and O–H groups in total. The van der Waals surface area contributed by atoms with Crippen LogP contribution in [0.3, 0.4) is 0 Å². The number of nitro groups is 1. The molecule has 0 radical (unpaired) electrons. The van der Waals surface area contributed by atoms with Crippen LogP contribution < -0.4 is 5.32 Å².